The summed E-state index contributed by atoms with van der Waals surface area (Å²) in [6.07, 6.45) is 1.94. The van der Waals surface area contributed by atoms with Crippen molar-refractivity contribution in [1.82, 2.24) is 9.97 Å². The maximum atomic E-state index is 11.4. The van der Waals surface area contributed by atoms with Gasteiger partial charge in [-0.3, -0.25) is 0 Å². The minimum absolute atomic E-state index is 0.353. The van der Waals surface area contributed by atoms with Crippen molar-refractivity contribution in [2.75, 3.05) is 18.6 Å². The van der Waals surface area contributed by atoms with Crippen LogP contribution in [0.3, 0.4) is 0 Å². The zero-order chi connectivity index (χ0) is 12.3. The van der Waals surface area contributed by atoms with Gasteiger partial charge < -0.3 is 5.32 Å². The molecule has 0 aliphatic rings. The summed E-state index contributed by atoms with van der Waals surface area (Å²) in [5, 5.41) is 2.23. The first kappa shape index (κ1) is 12.9. The van der Waals surface area contributed by atoms with Gasteiger partial charge in [0.25, 0.3) is 0 Å². The van der Waals surface area contributed by atoms with Crippen molar-refractivity contribution in [2.45, 2.75) is 25.5 Å². The van der Waals surface area contributed by atoms with Gasteiger partial charge in [0.05, 0.1) is 0 Å². The standard InChI is InChI=1S/C10H17N3O2S/c1-5-8-6-9(11-3)13-10(12-8)7(2)16(4,14)15/h6-7H,5H2,1-4H3,(H,11,12,13). The van der Waals surface area contributed by atoms with Crippen molar-refractivity contribution < 1.29 is 8.42 Å². The Bertz CT molecular complexity index is 449. The van der Waals surface area contributed by atoms with Crippen molar-refractivity contribution in [3.63, 3.8) is 0 Å². The van der Waals surface area contributed by atoms with E-state index in [4.69, 9.17) is 0 Å². The lowest BCUT2D eigenvalue weighted by molar-refractivity contribution is 0.589. The first-order valence-electron chi connectivity index (χ1n) is 5.13. The Balaban J connectivity index is 3.23. The van der Waals surface area contributed by atoms with E-state index in [-0.39, 0.29) is 0 Å². The van der Waals surface area contributed by atoms with Crippen molar-refractivity contribution in [3.05, 3.63) is 17.6 Å². The summed E-state index contributed by atoms with van der Waals surface area (Å²) in [5.74, 6) is 1.00. The van der Waals surface area contributed by atoms with E-state index in [1.165, 1.54) is 6.26 Å². The maximum absolute atomic E-state index is 11.4. The third kappa shape index (κ3) is 2.91. The number of nitrogens with zero attached hydrogens (tertiary/aromatic N) is 2. The molecule has 1 aromatic heterocycles. The highest BCUT2D eigenvalue weighted by Crippen LogP contribution is 2.19. The van der Waals surface area contributed by atoms with Crippen LogP contribution in [0.4, 0.5) is 5.82 Å². The number of aryl methyl sites for hydroxylation is 1. The molecule has 0 saturated heterocycles. The van der Waals surface area contributed by atoms with Crippen LogP contribution in [0.15, 0.2) is 6.07 Å². The molecule has 0 fully saturated rings. The van der Waals surface area contributed by atoms with Crippen LogP contribution in [0.2, 0.25) is 0 Å². The van der Waals surface area contributed by atoms with Gasteiger partial charge in [0, 0.05) is 25.1 Å². The van der Waals surface area contributed by atoms with Crippen LogP contribution in [0.1, 0.15) is 30.6 Å². The molecule has 1 N–H and O–H groups in total. The molecular weight excluding hydrogens is 226 g/mol. The summed E-state index contributed by atoms with van der Waals surface area (Å²) in [6.45, 7) is 3.57. The molecule has 1 rings (SSSR count). The normalized spacial score (nSPS) is 13.5. The molecule has 16 heavy (non-hydrogen) atoms. The molecule has 0 bridgehead atoms. The summed E-state index contributed by atoms with van der Waals surface area (Å²) < 4.78 is 22.9. The SMILES string of the molecule is CCc1cc(NC)nc(C(C)S(C)(=O)=O)n1. The fourth-order valence-electron chi connectivity index (χ4n) is 1.20. The van der Waals surface area contributed by atoms with E-state index in [9.17, 15) is 8.42 Å². The summed E-state index contributed by atoms with van der Waals surface area (Å²) in [6, 6.07) is 1.82. The highest BCUT2D eigenvalue weighted by molar-refractivity contribution is 7.90. The summed E-state index contributed by atoms with van der Waals surface area (Å²) in [5.41, 5.74) is 0.838. The van der Waals surface area contributed by atoms with Crippen LogP contribution in [-0.2, 0) is 16.3 Å². The van der Waals surface area contributed by atoms with Gasteiger partial charge in [0.2, 0.25) is 0 Å². The average Bonchev–Trinajstić information content (AvgIpc) is 2.26. The van der Waals surface area contributed by atoms with E-state index in [0.29, 0.717) is 11.6 Å². The number of nitrogens with one attached hydrogen (secondary N) is 1. The van der Waals surface area contributed by atoms with Crippen LogP contribution in [0.5, 0.6) is 0 Å². The van der Waals surface area contributed by atoms with Crippen LogP contribution < -0.4 is 5.32 Å². The fraction of sp³-hybridized carbons (Fsp3) is 0.600. The number of rotatable bonds is 4. The van der Waals surface area contributed by atoms with E-state index in [2.05, 4.69) is 15.3 Å². The minimum Gasteiger partial charge on any atom is -0.373 e. The predicted molar refractivity (Wildman–Crippen MR) is 64.2 cm³/mol. The maximum Gasteiger partial charge on any atom is 0.157 e. The first-order valence-corrected chi connectivity index (χ1v) is 7.08. The van der Waals surface area contributed by atoms with E-state index < -0.39 is 15.1 Å². The van der Waals surface area contributed by atoms with E-state index in [1.807, 2.05) is 13.0 Å². The molecule has 6 heteroatoms. The van der Waals surface area contributed by atoms with E-state index in [1.54, 1.807) is 14.0 Å². The van der Waals surface area contributed by atoms with Crippen molar-refractivity contribution in [2.24, 2.45) is 0 Å². The molecule has 1 unspecified atom stereocenters. The molecular formula is C10H17N3O2S. The van der Waals surface area contributed by atoms with Gasteiger partial charge in [-0.15, -0.1) is 0 Å². The summed E-state index contributed by atoms with van der Waals surface area (Å²) in [7, 11) is -1.41. The third-order valence-electron chi connectivity index (χ3n) is 2.42. The second-order valence-corrected chi connectivity index (χ2v) is 6.04. The molecule has 1 aromatic rings. The zero-order valence-electron chi connectivity index (χ0n) is 9.98. The van der Waals surface area contributed by atoms with Crippen molar-refractivity contribution in [3.8, 4) is 0 Å². The van der Waals surface area contributed by atoms with Crippen LogP contribution in [0, 0.1) is 0 Å². The molecule has 0 saturated carbocycles. The number of hydrogen-bond acceptors (Lipinski definition) is 5. The molecule has 90 valence electrons. The second-order valence-electron chi connectivity index (χ2n) is 3.68. The van der Waals surface area contributed by atoms with Crippen LogP contribution in [-0.4, -0.2) is 31.7 Å². The largest absolute Gasteiger partial charge is 0.373 e. The van der Waals surface area contributed by atoms with Gasteiger partial charge in [-0.1, -0.05) is 6.92 Å². The third-order valence-corrected chi connectivity index (χ3v) is 3.92. The molecule has 0 aliphatic heterocycles. The lowest BCUT2D eigenvalue weighted by Gasteiger charge is -2.11. The smallest absolute Gasteiger partial charge is 0.157 e. The Hall–Kier alpha value is -1.17. The van der Waals surface area contributed by atoms with Crippen LogP contribution in [0.25, 0.3) is 0 Å². The molecule has 0 amide bonds. The van der Waals surface area contributed by atoms with Gasteiger partial charge in [-0.25, -0.2) is 18.4 Å². The van der Waals surface area contributed by atoms with Crippen molar-refractivity contribution >= 4 is 15.7 Å². The van der Waals surface area contributed by atoms with Gasteiger partial charge in [0.1, 0.15) is 16.9 Å². The summed E-state index contributed by atoms with van der Waals surface area (Å²) >= 11 is 0. The van der Waals surface area contributed by atoms with E-state index in [0.717, 1.165) is 12.1 Å². The Morgan fingerprint density at radius 2 is 2.06 bits per heavy atom. The number of hydrogen-bond donors (Lipinski definition) is 1. The fourth-order valence-corrected chi connectivity index (χ4v) is 1.69. The van der Waals surface area contributed by atoms with Gasteiger partial charge in [-0.2, -0.15) is 0 Å². The molecule has 1 atom stereocenters. The molecule has 0 aromatic carbocycles. The zero-order valence-corrected chi connectivity index (χ0v) is 10.8. The Labute approximate surface area is 96.2 Å². The number of anilines is 1. The molecule has 1 heterocycles. The monoisotopic (exact) mass is 243 g/mol. The molecule has 0 aliphatic carbocycles. The molecule has 0 radical (unpaired) electrons. The number of sulfone groups is 1. The topological polar surface area (TPSA) is 72.0 Å². The van der Waals surface area contributed by atoms with Crippen molar-refractivity contribution in [1.29, 1.82) is 0 Å². The van der Waals surface area contributed by atoms with Gasteiger partial charge in [-0.05, 0) is 13.3 Å². The van der Waals surface area contributed by atoms with Crippen LogP contribution >= 0.6 is 0 Å². The Morgan fingerprint density at radius 1 is 1.44 bits per heavy atom. The lowest BCUT2D eigenvalue weighted by Crippen LogP contribution is -2.13. The summed E-state index contributed by atoms with van der Waals surface area (Å²) in [4.78, 5) is 8.40. The minimum atomic E-state index is -3.16. The van der Waals surface area contributed by atoms with E-state index >= 15 is 0 Å². The quantitative estimate of drug-likeness (QED) is 0.860. The first-order chi connectivity index (χ1) is 7.38. The Kier molecular flexibility index (Phi) is 3.85. The average molecular weight is 243 g/mol. The lowest BCUT2D eigenvalue weighted by atomic mass is 10.3. The van der Waals surface area contributed by atoms with Gasteiger partial charge >= 0.3 is 0 Å². The van der Waals surface area contributed by atoms with Gasteiger partial charge in [0.15, 0.2) is 9.84 Å². The second kappa shape index (κ2) is 4.78. The highest BCUT2D eigenvalue weighted by atomic mass is 32.2. The number of aromatic nitrogens is 2. The predicted octanol–water partition coefficient (Wildman–Crippen LogP) is 1.19. The Morgan fingerprint density at radius 3 is 2.50 bits per heavy atom. The molecule has 0 spiro atoms. The molecule has 5 nitrogen and oxygen atoms in total. The highest BCUT2D eigenvalue weighted by Gasteiger charge is 2.21.